The van der Waals surface area contributed by atoms with Gasteiger partial charge in [0.1, 0.15) is 10.7 Å². The van der Waals surface area contributed by atoms with E-state index >= 15 is 0 Å². The minimum absolute atomic E-state index is 0.0962. The van der Waals surface area contributed by atoms with E-state index in [2.05, 4.69) is 0 Å². The fraction of sp³-hybridized carbons (Fsp3) is 0.562. The molecule has 0 N–H and O–H groups in total. The van der Waals surface area contributed by atoms with Gasteiger partial charge >= 0.3 is 0 Å². The molecule has 0 radical (unpaired) electrons. The summed E-state index contributed by atoms with van der Waals surface area (Å²) in [5.74, 6) is -0.338. The van der Waals surface area contributed by atoms with E-state index in [1.54, 1.807) is 4.90 Å². The molecule has 0 unspecified atom stereocenters. The molecule has 0 atom stereocenters. The minimum atomic E-state index is -3.78. The lowest BCUT2D eigenvalue weighted by Crippen LogP contribution is -2.51. The maximum Gasteiger partial charge on any atom is 0.244 e. The van der Waals surface area contributed by atoms with E-state index in [1.807, 2.05) is 0 Å². The van der Waals surface area contributed by atoms with Crippen molar-refractivity contribution in [3.05, 3.63) is 29.0 Å². The molecule has 132 valence electrons. The summed E-state index contributed by atoms with van der Waals surface area (Å²) < 4.78 is 39.8. The Morgan fingerprint density at radius 3 is 2.33 bits per heavy atom. The summed E-state index contributed by atoms with van der Waals surface area (Å²) in [4.78, 5) is 14.1. The largest absolute Gasteiger partial charge is 0.340 e. The van der Waals surface area contributed by atoms with Gasteiger partial charge in [-0.3, -0.25) is 4.79 Å². The normalized spacial score (nSPS) is 20.5. The summed E-state index contributed by atoms with van der Waals surface area (Å²) in [6.07, 6.45) is 4.05. The fourth-order valence-corrected chi connectivity index (χ4v) is 5.33. The van der Waals surface area contributed by atoms with Crippen LogP contribution in [-0.4, -0.2) is 49.7 Å². The van der Waals surface area contributed by atoms with Crippen LogP contribution in [0.1, 0.15) is 25.7 Å². The molecule has 2 fully saturated rings. The summed E-state index contributed by atoms with van der Waals surface area (Å²) in [6, 6.07) is 3.26. The quantitative estimate of drug-likeness (QED) is 0.816. The predicted octanol–water partition coefficient (Wildman–Crippen LogP) is 2.50. The number of hydrogen-bond acceptors (Lipinski definition) is 3. The topological polar surface area (TPSA) is 57.7 Å². The lowest BCUT2D eigenvalue weighted by Gasteiger charge is -2.35. The molecule has 1 heterocycles. The van der Waals surface area contributed by atoms with Crippen LogP contribution in [0.5, 0.6) is 0 Å². The lowest BCUT2D eigenvalue weighted by atomic mass is 10.1. The van der Waals surface area contributed by atoms with Gasteiger partial charge in [0.05, 0.1) is 5.02 Å². The van der Waals surface area contributed by atoms with Crippen molar-refractivity contribution in [2.24, 2.45) is 5.92 Å². The average molecular weight is 375 g/mol. The Morgan fingerprint density at radius 1 is 1.12 bits per heavy atom. The summed E-state index contributed by atoms with van der Waals surface area (Å²) in [5.41, 5.74) is 0. The zero-order valence-corrected chi connectivity index (χ0v) is 14.8. The number of benzene rings is 1. The Labute approximate surface area is 146 Å². The third-order valence-corrected chi connectivity index (χ3v) is 7.15. The van der Waals surface area contributed by atoms with E-state index in [0.717, 1.165) is 37.8 Å². The number of halogens is 2. The highest BCUT2D eigenvalue weighted by Crippen LogP contribution is 2.29. The Bertz CT molecular complexity index is 727. The first-order valence-corrected chi connectivity index (χ1v) is 9.95. The maximum absolute atomic E-state index is 13.1. The van der Waals surface area contributed by atoms with Crippen LogP contribution in [0.4, 0.5) is 4.39 Å². The summed E-state index contributed by atoms with van der Waals surface area (Å²) in [5, 5.41) is -0.125. The molecular formula is C16H20ClFN2O3S. The summed E-state index contributed by atoms with van der Waals surface area (Å²) in [6.45, 7) is 1.23. The molecule has 5 nitrogen and oxygen atoms in total. The number of hydrogen-bond donors (Lipinski definition) is 0. The average Bonchev–Trinajstić information content (AvgIpc) is 3.08. The molecule has 1 aliphatic heterocycles. The van der Waals surface area contributed by atoms with Gasteiger partial charge in [-0.15, -0.1) is 0 Å². The number of piperazine rings is 1. The third kappa shape index (κ3) is 3.43. The maximum atomic E-state index is 13.1. The van der Waals surface area contributed by atoms with Gasteiger partial charge in [0.2, 0.25) is 15.9 Å². The molecule has 3 rings (SSSR count). The highest BCUT2D eigenvalue weighted by Gasteiger charge is 2.34. The van der Waals surface area contributed by atoms with Crippen LogP contribution < -0.4 is 0 Å². The van der Waals surface area contributed by atoms with Crippen molar-refractivity contribution in [1.82, 2.24) is 9.21 Å². The number of amides is 1. The molecule has 0 aromatic heterocycles. The molecule has 1 saturated heterocycles. The van der Waals surface area contributed by atoms with E-state index in [-0.39, 0.29) is 34.8 Å². The first kappa shape index (κ1) is 17.6. The second-order valence-corrected chi connectivity index (χ2v) is 8.60. The van der Waals surface area contributed by atoms with Gasteiger partial charge in [-0.1, -0.05) is 24.4 Å². The first-order chi connectivity index (χ1) is 11.4. The van der Waals surface area contributed by atoms with Crippen LogP contribution in [0.25, 0.3) is 0 Å². The third-order valence-electron chi connectivity index (χ3n) is 4.77. The zero-order valence-electron chi connectivity index (χ0n) is 13.2. The number of carbonyl (C=O) groups is 1. The van der Waals surface area contributed by atoms with Crippen molar-refractivity contribution < 1.29 is 17.6 Å². The first-order valence-electron chi connectivity index (χ1n) is 8.13. The van der Waals surface area contributed by atoms with Gasteiger partial charge in [-0.25, -0.2) is 12.8 Å². The van der Waals surface area contributed by atoms with Crippen LogP contribution in [-0.2, 0) is 14.8 Å². The van der Waals surface area contributed by atoms with Gasteiger partial charge in [0.15, 0.2) is 0 Å². The van der Waals surface area contributed by atoms with Gasteiger partial charge in [0.25, 0.3) is 0 Å². The molecule has 24 heavy (non-hydrogen) atoms. The second kappa shape index (κ2) is 6.98. The Hall–Kier alpha value is -1.18. The molecule has 2 aliphatic rings. The summed E-state index contributed by atoms with van der Waals surface area (Å²) >= 11 is 5.89. The van der Waals surface area contributed by atoms with Crippen molar-refractivity contribution in [3.63, 3.8) is 0 Å². The highest BCUT2D eigenvalue weighted by molar-refractivity contribution is 7.89. The van der Waals surface area contributed by atoms with E-state index in [1.165, 1.54) is 10.4 Å². The number of rotatable bonds is 3. The van der Waals surface area contributed by atoms with Gasteiger partial charge in [0, 0.05) is 32.1 Å². The second-order valence-electron chi connectivity index (χ2n) is 6.29. The number of nitrogens with zero attached hydrogens (tertiary/aromatic N) is 2. The van der Waals surface area contributed by atoms with Gasteiger partial charge < -0.3 is 4.90 Å². The molecule has 1 aromatic rings. The molecule has 8 heteroatoms. The Morgan fingerprint density at radius 2 is 1.75 bits per heavy atom. The van der Waals surface area contributed by atoms with Crippen molar-refractivity contribution in [3.8, 4) is 0 Å². The molecular weight excluding hydrogens is 355 g/mol. The van der Waals surface area contributed by atoms with E-state index < -0.39 is 15.8 Å². The van der Waals surface area contributed by atoms with Crippen molar-refractivity contribution in [2.75, 3.05) is 26.2 Å². The van der Waals surface area contributed by atoms with Crippen LogP contribution in [0.3, 0.4) is 0 Å². The van der Waals surface area contributed by atoms with Crippen molar-refractivity contribution in [1.29, 1.82) is 0 Å². The van der Waals surface area contributed by atoms with Crippen molar-refractivity contribution >= 4 is 27.5 Å². The SMILES string of the molecule is O=C(C1CCCC1)N1CCN(S(=O)(=O)c2ccc(F)cc2Cl)CC1. The molecule has 1 aromatic carbocycles. The van der Waals surface area contributed by atoms with Crippen LogP contribution >= 0.6 is 11.6 Å². The monoisotopic (exact) mass is 374 g/mol. The Balaban J connectivity index is 1.68. The molecule has 0 spiro atoms. The van der Waals surface area contributed by atoms with E-state index in [0.29, 0.717) is 13.1 Å². The fourth-order valence-electron chi connectivity index (χ4n) is 3.40. The molecule has 1 saturated carbocycles. The van der Waals surface area contributed by atoms with E-state index in [4.69, 9.17) is 11.6 Å². The predicted molar refractivity (Wildman–Crippen MR) is 88.7 cm³/mol. The molecule has 0 bridgehead atoms. The lowest BCUT2D eigenvalue weighted by molar-refractivity contribution is -0.136. The van der Waals surface area contributed by atoms with E-state index in [9.17, 15) is 17.6 Å². The smallest absolute Gasteiger partial charge is 0.244 e. The minimum Gasteiger partial charge on any atom is -0.340 e. The van der Waals surface area contributed by atoms with Crippen molar-refractivity contribution in [2.45, 2.75) is 30.6 Å². The summed E-state index contributed by atoms with van der Waals surface area (Å²) in [7, 11) is -3.78. The number of sulfonamides is 1. The zero-order chi connectivity index (χ0) is 17.3. The van der Waals surface area contributed by atoms with Gasteiger partial charge in [-0.05, 0) is 31.0 Å². The van der Waals surface area contributed by atoms with Crippen LogP contribution in [0, 0.1) is 11.7 Å². The highest BCUT2D eigenvalue weighted by atomic mass is 35.5. The molecule has 1 aliphatic carbocycles. The number of carbonyl (C=O) groups excluding carboxylic acids is 1. The Kier molecular flexibility index (Phi) is 5.13. The van der Waals surface area contributed by atoms with Crippen LogP contribution in [0.2, 0.25) is 5.02 Å². The van der Waals surface area contributed by atoms with Crippen LogP contribution in [0.15, 0.2) is 23.1 Å². The van der Waals surface area contributed by atoms with Gasteiger partial charge in [-0.2, -0.15) is 4.31 Å². The standard InChI is InChI=1S/C16H20ClFN2O3S/c17-14-11-13(18)5-6-15(14)24(22,23)20-9-7-19(8-10-20)16(21)12-3-1-2-4-12/h5-6,11-12H,1-4,7-10H2. The molecule has 1 amide bonds.